The molecule has 1 aromatic rings. The minimum Gasteiger partial charge on any atom is -0.496 e. The largest absolute Gasteiger partial charge is 0.496 e. The molecule has 0 saturated heterocycles. The summed E-state index contributed by atoms with van der Waals surface area (Å²) in [4.78, 5) is 97.5. The smallest absolute Gasteiger partial charge is 0.307 e. The number of carbonyl (C=O) groups is 7. The number of likely N-dealkylation sites (N-methyl/N-ethyl adjacent to an activating group) is 1. The standard InChI is InChI=1S/C38H50N4O10/c1-18(43)40-36(49)29-33(51-19(2)44)30(42(10)11)25-15-21-14-24-26(41(8)9)16-22(13-23(46)17-39-37(4,5)6)32(50-12)28(24)31(47)27(21)35(52-20(3)45)38(25,7)34(29)48/h16,21,25,30,39H,13-15,17H2,1-12H3,(H,40,43,49)/t21-,25-,30-,38-/m0/s1. The molecule has 2 amide bonds. The lowest BCUT2D eigenvalue weighted by Crippen LogP contribution is -2.59. The van der Waals surface area contributed by atoms with Crippen LogP contribution in [-0.4, -0.2) is 99.4 Å². The number of esters is 2. The predicted molar refractivity (Wildman–Crippen MR) is 190 cm³/mol. The molecule has 2 N–H and O–H groups in total. The monoisotopic (exact) mass is 722 g/mol. The fourth-order valence-corrected chi connectivity index (χ4v) is 7.76. The maximum absolute atomic E-state index is 15.0. The second-order valence-electron chi connectivity index (χ2n) is 15.3. The number of nitrogens with zero attached hydrogens (tertiary/aromatic N) is 2. The van der Waals surface area contributed by atoms with E-state index in [9.17, 15) is 28.8 Å². The van der Waals surface area contributed by atoms with Crippen LogP contribution in [0.5, 0.6) is 5.75 Å². The Morgan fingerprint density at radius 1 is 0.981 bits per heavy atom. The van der Waals surface area contributed by atoms with Gasteiger partial charge >= 0.3 is 11.9 Å². The third kappa shape index (κ3) is 7.45. The van der Waals surface area contributed by atoms with Gasteiger partial charge in [-0.1, -0.05) is 0 Å². The van der Waals surface area contributed by atoms with Gasteiger partial charge in [0.25, 0.3) is 5.91 Å². The normalized spacial score (nSPS) is 22.7. The van der Waals surface area contributed by atoms with Crippen LogP contribution in [0.3, 0.4) is 0 Å². The van der Waals surface area contributed by atoms with Crippen LogP contribution in [0.15, 0.2) is 28.7 Å². The van der Waals surface area contributed by atoms with Crippen LogP contribution in [0, 0.1) is 17.3 Å². The number of nitrogens with one attached hydrogen (secondary N) is 2. The molecule has 0 radical (unpaired) electrons. The van der Waals surface area contributed by atoms with E-state index in [1.54, 1.807) is 19.0 Å². The van der Waals surface area contributed by atoms with Gasteiger partial charge in [0.15, 0.2) is 17.3 Å². The number of amides is 2. The number of carbonyl (C=O) groups excluding carboxylic acids is 7. The van der Waals surface area contributed by atoms with Crippen molar-refractivity contribution < 1.29 is 47.8 Å². The first-order valence-corrected chi connectivity index (χ1v) is 17.1. The van der Waals surface area contributed by atoms with Gasteiger partial charge < -0.3 is 24.4 Å². The molecule has 0 saturated carbocycles. The van der Waals surface area contributed by atoms with Crippen molar-refractivity contribution in [2.45, 2.75) is 79.3 Å². The molecule has 0 aromatic heterocycles. The third-order valence-electron chi connectivity index (χ3n) is 9.82. The van der Waals surface area contributed by atoms with Crippen molar-refractivity contribution >= 4 is 46.8 Å². The first-order valence-electron chi connectivity index (χ1n) is 17.1. The molecule has 14 nitrogen and oxygen atoms in total. The van der Waals surface area contributed by atoms with E-state index < -0.39 is 64.2 Å². The van der Waals surface area contributed by atoms with Crippen molar-refractivity contribution in [3.05, 3.63) is 45.4 Å². The number of hydrogen-bond donors (Lipinski definition) is 2. The van der Waals surface area contributed by atoms with Gasteiger partial charge in [-0.2, -0.15) is 0 Å². The van der Waals surface area contributed by atoms with Gasteiger partial charge in [-0.25, -0.2) is 0 Å². The predicted octanol–water partition coefficient (Wildman–Crippen LogP) is 2.45. The second-order valence-corrected chi connectivity index (χ2v) is 15.3. The molecule has 52 heavy (non-hydrogen) atoms. The van der Waals surface area contributed by atoms with Gasteiger partial charge in [-0.3, -0.25) is 43.8 Å². The number of ether oxygens (including phenoxy) is 3. The van der Waals surface area contributed by atoms with E-state index in [1.165, 1.54) is 14.0 Å². The summed E-state index contributed by atoms with van der Waals surface area (Å²) in [6.07, 6.45) is 0.431. The average molecular weight is 723 g/mol. The number of anilines is 1. The molecule has 0 bridgehead atoms. The number of rotatable bonds is 10. The number of imide groups is 1. The third-order valence-corrected chi connectivity index (χ3v) is 9.82. The van der Waals surface area contributed by atoms with E-state index in [0.717, 1.165) is 20.8 Å². The first-order chi connectivity index (χ1) is 24.0. The van der Waals surface area contributed by atoms with Crippen molar-refractivity contribution in [2.75, 3.05) is 46.7 Å². The molecular formula is C38H50N4O10. The Labute approximate surface area is 304 Å². The van der Waals surface area contributed by atoms with Gasteiger partial charge in [0.1, 0.15) is 22.8 Å². The zero-order chi connectivity index (χ0) is 39.2. The number of fused-ring (bicyclic) bond motifs is 3. The van der Waals surface area contributed by atoms with E-state index >= 15 is 4.79 Å². The maximum Gasteiger partial charge on any atom is 0.307 e. The van der Waals surface area contributed by atoms with Crippen LogP contribution < -0.4 is 20.3 Å². The van der Waals surface area contributed by atoms with Crippen molar-refractivity contribution in [1.29, 1.82) is 0 Å². The summed E-state index contributed by atoms with van der Waals surface area (Å²) >= 11 is 0. The van der Waals surface area contributed by atoms with Crippen molar-refractivity contribution in [1.82, 2.24) is 15.5 Å². The minimum atomic E-state index is -1.81. The highest BCUT2D eigenvalue weighted by Crippen LogP contribution is 2.58. The highest BCUT2D eigenvalue weighted by Gasteiger charge is 2.63. The Balaban J connectivity index is 2.04. The number of Topliss-reactive ketones (excluding diaryl/α,β-unsaturated/α-hetero) is 3. The summed E-state index contributed by atoms with van der Waals surface area (Å²) < 4.78 is 17.4. The van der Waals surface area contributed by atoms with Crippen molar-refractivity contribution in [3.63, 3.8) is 0 Å². The Kier molecular flexibility index (Phi) is 11.4. The van der Waals surface area contributed by atoms with Crippen molar-refractivity contribution in [2.24, 2.45) is 17.3 Å². The number of allylic oxidation sites excluding steroid dienone is 2. The molecular weight excluding hydrogens is 672 g/mol. The Morgan fingerprint density at radius 3 is 2.10 bits per heavy atom. The van der Waals surface area contributed by atoms with Gasteiger partial charge in [-0.05, 0) is 72.2 Å². The molecule has 0 heterocycles. The second kappa shape index (κ2) is 14.7. The topological polar surface area (TPSA) is 178 Å². The summed E-state index contributed by atoms with van der Waals surface area (Å²) in [5.74, 6) is -6.57. The van der Waals surface area contributed by atoms with Gasteiger partial charge in [0.2, 0.25) is 5.91 Å². The van der Waals surface area contributed by atoms with E-state index in [0.29, 0.717) is 16.8 Å². The molecule has 4 rings (SSSR count). The molecule has 0 aliphatic heterocycles. The van der Waals surface area contributed by atoms with Crippen LogP contribution in [-0.2, 0) is 51.1 Å². The minimum absolute atomic E-state index is 0.0337. The lowest BCUT2D eigenvalue weighted by Gasteiger charge is -2.52. The summed E-state index contributed by atoms with van der Waals surface area (Å²) in [7, 11) is 8.45. The molecule has 0 unspecified atom stereocenters. The highest BCUT2D eigenvalue weighted by atomic mass is 16.5. The van der Waals surface area contributed by atoms with Gasteiger partial charge in [0.05, 0.1) is 30.7 Å². The Bertz CT molecular complexity index is 1820. The quantitative estimate of drug-likeness (QED) is 0.266. The summed E-state index contributed by atoms with van der Waals surface area (Å²) in [5, 5.41) is 5.31. The van der Waals surface area contributed by atoms with Crippen LogP contribution in [0.25, 0.3) is 0 Å². The molecule has 1 aromatic carbocycles. The van der Waals surface area contributed by atoms with E-state index in [2.05, 4.69) is 10.6 Å². The number of benzene rings is 1. The molecule has 3 aliphatic rings. The summed E-state index contributed by atoms with van der Waals surface area (Å²) in [6, 6.07) is 0.948. The fourth-order valence-electron chi connectivity index (χ4n) is 7.76. The molecule has 0 fully saturated rings. The van der Waals surface area contributed by atoms with Crippen LogP contribution >= 0.6 is 0 Å². The highest BCUT2D eigenvalue weighted by molar-refractivity contribution is 6.26. The van der Waals surface area contributed by atoms with Crippen LogP contribution in [0.1, 0.15) is 76.4 Å². The molecule has 4 atom stereocenters. The lowest BCUT2D eigenvalue weighted by molar-refractivity contribution is -0.146. The summed E-state index contributed by atoms with van der Waals surface area (Å²) in [6.45, 7) is 10.8. The zero-order valence-electron chi connectivity index (χ0n) is 32.1. The van der Waals surface area contributed by atoms with Gasteiger partial charge in [0, 0.05) is 69.6 Å². The van der Waals surface area contributed by atoms with Crippen LogP contribution in [0.2, 0.25) is 0 Å². The van der Waals surface area contributed by atoms with E-state index in [1.807, 2.05) is 45.8 Å². The average Bonchev–Trinajstić information content (AvgIpc) is 3.00. The molecule has 14 heteroatoms. The summed E-state index contributed by atoms with van der Waals surface area (Å²) in [5.41, 5.74) is -0.575. The maximum atomic E-state index is 15.0. The van der Waals surface area contributed by atoms with E-state index in [-0.39, 0.29) is 65.5 Å². The molecule has 3 aliphatic carbocycles. The van der Waals surface area contributed by atoms with Gasteiger partial charge in [-0.15, -0.1) is 0 Å². The number of ketones is 3. The van der Waals surface area contributed by atoms with Crippen LogP contribution in [0.4, 0.5) is 5.69 Å². The number of methoxy groups -OCH3 is 1. The lowest BCUT2D eigenvalue weighted by atomic mass is 9.53. The SMILES string of the molecule is COc1c(CC(=O)CNC(C)(C)C)cc(N(C)C)c2c1C(=O)C1=C(OC(C)=O)[C@]3(C)C(=O)C(C(=O)NC(C)=O)=C(OC(C)=O)[C@@H](N(C)C)[C@@H]3C[C@@H]1C2. The zero-order valence-corrected chi connectivity index (χ0v) is 32.1. The Hall–Kier alpha value is -4.69. The molecule has 0 spiro atoms. The molecule has 282 valence electrons. The van der Waals surface area contributed by atoms with E-state index in [4.69, 9.17) is 14.2 Å². The van der Waals surface area contributed by atoms with Crippen molar-refractivity contribution in [3.8, 4) is 5.75 Å². The fraction of sp³-hybridized carbons (Fsp3) is 0.553. The Morgan fingerprint density at radius 2 is 1.60 bits per heavy atom. The number of hydrogen-bond acceptors (Lipinski definition) is 13. The first kappa shape index (κ1) is 40.1.